The van der Waals surface area contributed by atoms with E-state index in [2.05, 4.69) is 55.4 Å². The Balaban J connectivity index is 5.19. The molecule has 0 aliphatic heterocycles. The van der Waals surface area contributed by atoms with Gasteiger partial charge in [0.05, 0.1) is 26.4 Å². The molecule has 0 aromatic carbocycles. The Morgan fingerprint density at radius 2 is 0.494 bits per heavy atom. The molecular weight excluding hydrogens is 1130 g/mol. The first-order valence-electron chi connectivity index (χ1n) is 34.2. The first kappa shape index (κ1) is 83.1. The van der Waals surface area contributed by atoms with Crippen molar-refractivity contribution in [2.75, 3.05) is 39.6 Å². The minimum Gasteiger partial charge on any atom is -0.462 e. The third-order valence-electron chi connectivity index (χ3n) is 15.1. The van der Waals surface area contributed by atoms with Crippen LogP contribution in [-0.2, 0) is 65.4 Å². The van der Waals surface area contributed by atoms with Gasteiger partial charge >= 0.3 is 39.5 Å². The van der Waals surface area contributed by atoms with Crippen molar-refractivity contribution in [1.29, 1.82) is 0 Å². The Morgan fingerprint density at radius 3 is 0.729 bits per heavy atom. The number of unbranched alkanes of at least 4 members (excludes halogenated alkanes) is 29. The molecule has 0 saturated heterocycles. The standard InChI is InChI=1S/C66H128O17P2/c1-56(2)42-34-26-18-15-13-11-9-10-12-14-16-20-32-40-48-65(70)82-61(53-77-64(69)47-39-31-24-22-28-36-44-58(5)6)54-80-84(72,73)78-50-60(67)51-79-85(74,75)81-55-62(83-66(71)49-41-33-25-23-29-37-45-59(7)8)52-76-63(68)46-38-30-21-17-19-27-35-43-57(3)4/h56-62,67H,9-55H2,1-8H3,(H,72,73)(H,74,75)/t60?,61-,62-/m1/s1. The summed E-state index contributed by atoms with van der Waals surface area (Å²) in [4.78, 5) is 72.2. The van der Waals surface area contributed by atoms with Crippen molar-refractivity contribution in [2.45, 2.75) is 337 Å². The molecule has 0 aromatic rings. The van der Waals surface area contributed by atoms with Gasteiger partial charge in [0, 0.05) is 25.7 Å². The highest BCUT2D eigenvalue weighted by Crippen LogP contribution is 2.45. The average Bonchev–Trinajstić information content (AvgIpc) is 3.61. The normalized spacial score (nSPS) is 14.4. The second kappa shape index (κ2) is 56.1. The molecular formula is C66H128O17P2. The minimum atomic E-state index is -4.95. The van der Waals surface area contributed by atoms with Crippen LogP contribution in [0.1, 0.15) is 319 Å². The van der Waals surface area contributed by atoms with E-state index < -0.39 is 97.5 Å². The number of aliphatic hydroxyl groups is 1. The summed E-state index contributed by atoms with van der Waals surface area (Å²) in [5.74, 6) is 0.707. The molecule has 0 aliphatic rings. The van der Waals surface area contributed by atoms with Crippen LogP contribution >= 0.6 is 15.6 Å². The first-order chi connectivity index (χ1) is 40.6. The first-order valence-corrected chi connectivity index (χ1v) is 37.2. The summed E-state index contributed by atoms with van der Waals surface area (Å²) < 4.78 is 68.0. The van der Waals surface area contributed by atoms with Crippen molar-refractivity contribution >= 4 is 39.5 Å². The minimum absolute atomic E-state index is 0.101. The van der Waals surface area contributed by atoms with Crippen molar-refractivity contribution in [2.24, 2.45) is 23.7 Å². The summed E-state index contributed by atoms with van der Waals surface area (Å²) in [5, 5.41) is 10.5. The highest BCUT2D eigenvalue weighted by atomic mass is 31.2. The lowest BCUT2D eigenvalue weighted by Gasteiger charge is -2.21. The molecule has 504 valence electrons. The van der Waals surface area contributed by atoms with Gasteiger partial charge in [-0.1, -0.05) is 267 Å². The number of hydrogen-bond donors (Lipinski definition) is 3. The maximum atomic E-state index is 13.0. The number of hydrogen-bond acceptors (Lipinski definition) is 15. The van der Waals surface area contributed by atoms with Gasteiger partial charge in [-0.3, -0.25) is 37.3 Å². The van der Waals surface area contributed by atoms with Crippen molar-refractivity contribution in [3.8, 4) is 0 Å². The van der Waals surface area contributed by atoms with Crippen LogP contribution < -0.4 is 0 Å². The fourth-order valence-corrected chi connectivity index (χ4v) is 11.4. The second-order valence-corrected chi connectivity index (χ2v) is 28.7. The van der Waals surface area contributed by atoms with E-state index in [1.54, 1.807) is 0 Å². The van der Waals surface area contributed by atoms with E-state index in [1.807, 2.05) is 0 Å². The Labute approximate surface area is 517 Å². The van der Waals surface area contributed by atoms with Gasteiger partial charge in [-0.25, -0.2) is 9.13 Å². The molecule has 85 heavy (non-hydrogen) atoms. The highest BCUT2D eigenvalue weighted by Gasteiger charge is 2.30. The molecule has 0 fully saturated rings. The van der Waals surface area contributed by atoms with Crippen LogP contribution in [0.15, 0.2) is 0 Å². The number of aliphatic hydroxyl groups excluding tert-OH is 1. The number of carbonyl (C=O) groups excluding carboxylic acids is 4. The van der Waals surface area contributed by atoms with E-state index in [4.69, 9.17) is 37.0 Å². The third-order valence-corrected chi connectivity index (χ3v) is 17.0. The summed E-state index contributed by atoms with van der Waals surface area (Å²) in [6.45, 7) is 13.9. The van der Waals surface area contributed by atoms with Crippen LogP contribution in [-0.4, -0.2) is 96.7 Å². The van der Waals surface area contributed by atoms with Crippen LogP contribution in [0.4, 0.5) is 0 Å². The zero-order valence-corrected chi connectivity index (χ0v) is 57.0. The van der Waals surface area contributed by atoms with Crippen LogP contribution in [0.5, 0.6) is 0 Å². The molecule has 0 aromatic heterocycles. The summed E-state index contributed by atoms with van der Waals surface area (Å²) in [6.07, 6.45) is 36.7. The molecule has 5 atom stereocenters. The SMILES string of the molecule is CC(C)CCCCCCCCCCCCCCCCC(=O)O[C@H](COC(=O)CCCCCCCCC(C)C)COP(=O)(O)OCC(O)COP(=O)(O)OC[C@@H](COC(=O)CCCCCCCCCC(C)C)OC(=O)CCCCCCCCC(C)C. The lowest BCUT2D eigenvalue weighted by molar-refractivity contribution is -0.161. The van der Waals surface area contributed by atoms with Gasteiger partial charge in [-0.2, -0.15) is 0 Å². The van der Waals surface area contributed by atoms with E-state index in [1.165, 1.54) is 109 Å². The van der Waals surface area contributed by atoms with E-state index in [0.29, 0.717) is 43.4 Å². The number of esters is 4. The van der Waals surface area contributed by atoms with Crippen LogP contribution in [0.2, 0.25) is 0 Å². The zero-order valence-electron chi connectivity index (χ0n) is 55.2. The molecule has 3 N–H and O–H groups in total. The van der Waals surface area contributed by atoms with Crippen LogP contribution in [0.3, 0.4) is 0 Å². The third kappa shape index (κ3) is 60.7. The average molecular weight is 1260 g/mol. The molecule has 0 saturated carbocycles. The van der Waals surface area contributed by atoms with E-state index in [0.717, 1.165) is 109 Å². The van der Waals surface area contributed by atoms with E-state index in [-0.39, 0.29) is 25.7 Å². The van der Waals surface area contributed by atoms with Gasteiger partial charge in [0.1, 0.15) is 19.3 Å². The smallest absolute Gasteiger partial charge is 0.462 e. The fourth-order valence-electron chi connectivity index (χ4n) is 9.78. The van der Waals surface area contributed by atoms with Gasteiger partial charge in [-0.15, -0.1) is 0 Å². The lowest BCUT2D eigenvalue weighted by Crippen LogP contribution is -2.30. The Morgan fingerprint density at radius 1 is 0.294 bits per heavy atom. The number of rotatable bonds is 63. The molecule has 0 amide bonds. The molecule has 0 radical (unpaired) electrons. The molecule has 0 aliphatic carbocycles. The summed E-state index contributed by atoms with van der Waals surface area (Å²) in [5.41, 5.74) is 0. The summed E-state index contributed by atoms with van der Waals surface area (Å²) in [7, 11) is -9.89. The van der Waals surface area contributed by atoms with Gasteiger partial charge in [-0.05, 0) is 49.4 Å². The number of phosphoric acid groups is 2. The van der Waals surface area contributed by atoms with Crippen molar-refractivity contribution < 1.29 is 80.2 Å². The van der Waals surface area contributed by atoms with Crippen molar-refractivity contribution in [3.05, 3.63) is 0 Å². The molecule has 0 rings (SSSR count). The van der Waals surface area contributed by atoms with E-state index in [9.17, 15) is 43.2 Å². The topological polar surface area (TPSA) is 237 Å². The maximum absolute atomic E-state index is 13.0. The monoisotopic (exact) mass is 1250 g/mol. The molecule has 0 heterocycles. The fraction of sp³-hybridized carbons (Fsp3) is 0.939. The van der Waals surface area contributed by atoms with Gasteiger partial charge < -0.3 is 33.8 Å². The predicted molar refractivity (Wildman–Crippen MR) is 340 cm³/mol. The van der Waals surface area contributed by atoms with E-state index >= 15 is 0 Å². The quantitative estimate of drug-likeness (QED) is 0.0222. The molecule has 17 nitrogen and oxygen atoms in total. The molecule has 0 bridgehead atoms. The predicted octanol–water partition coefficient (Wildman–Crippen LogP) is 18.1. The summed E-state index contributed by atoms with van der Waals surface area (Å²) in [6, 6.07) is 0. The highest BCUT2D eigenvalue weighted by molar-refractivity contribution is 7.47. The molecule has 0 spiro atoms. The van der Waals surface area contributed by atoms with Crippen LogP contribution in [0, 0.1) is 23.7 Å². The maximum Gasteiger partial charge on any atom is 0.472 e. The zero-order chi connectivity index (χ0) is 63.2. The van der Waals surface area contributed by atoms with Gasteiger partial charge in [0.15, 0.2) is 12.2 Å². The molecule has 3 unspecified atom stereocenters. The van der Waals surface area contributed by atoms with Crippen molar-refractivity contribution in [3.63, 3.8) is 0 Å². The second-order valence-electron chi connectivity index (χ2n) is 25.8. The van der Waals surface area contributed by atoms with Gasteiger partial charge in [0.25, 0.3) is 0 Å². The number of ether oxygens (including phenoxy) is 4. The number of carbonyl (C=O) groups is 4. The Hall–Kier alpha value is -1.94. The van der Waals surface area contributed by atoms with Crippen LogP contribution in [0.25, 0.3) is 0 Å². The van der Waals surface area contributed by atoms with Crippen molar-refractivity contribution in [1.82, 2.24) is 0 Å². The largest absolute Gasteiger partial charge is 0.472 e. The number of phosphoric ester groups is 2. The lowest BCUT2D eigenvalue weighted by atomic mass is 10.0. The Kier molecular flexibility index (Phi) is 54.8. The van der Waals surface area contributed by atoms with Gasteiger partial charge in [0.2, 0.25) is 0 Å². The Bertz CT molecular complexity index is 1700. The molecule has 19 heteroatoms. The summed E-state index contributed by atoms with van der Waals surface area (Å²) >= 11 is 0.